The van der Waals surface area contributed by atoms with Crippen LogP contribution < -0.4 is 15.1 Å². The average Bonchev–Trinajstić information content (AvgIpc) is 3.82. The van der Waals surface area contributed by atoms with Crippen LogP contribution in [-0.2, 0) is 0 Å². The quantitative estimate of drug-likeness (QED) is 0.185. The molecule has 0 unspecified atom stereocenters. The molecule has 0 aliphatic carbocycles. The lowest BCUT2D eigenvalue weighted by Crippen LogP contribution is -2.28. The average molecular weight is 736 g/mol. The van der Waals surface area contributed by atoms with Crippen molar-refractivity contribution in [2.24, 2.45) is 0 Å². The smallest absolute Gasteiger partial charge is 0.165 e. The summed E-state index contributed by atoms with van der Waals surface area (Å²) in [5, 5.41) is 8.30. The zero-order chi connectivity index (χ0) is 37.0. The van der Waals surface area contributed by atoms with E-state index in [1.54, 1.807) is 11.3 Å². The fourth-order valence-electron chi connectivity index (χ4n) is 8.02. The Morgan fingerprint density at radius 1 is 0.464 bits per heavy atom. The number of thiophene rings is 1. The van der Waals surface area contributed by atoms with Crippen molar-refractivity contribution in [3.05, 3.63) is 180 Å². The SMILES string of the molecule is C1=c2sc3c(-c4nc(-c5ccccc5)nc(-c5cccc(-c6ccccc6)c5)n4)cc(-n4c5ccccc5c5ccc(-c6ccccc6)cc54)cc3c2=CCN1. The predicted molar refractivity (Wildman–Crippen MR) is 233 cm³/mol. The molecule has 0 bridgehead atoms. The summed E-state index contributed by atoms with van der Waals surface area (Å²) >= 11 is 1.78. The number of nitrogens with zero attached hydrogens (tertiary/aromatic N) is 4. The number of benzene rings is 7. The molecular weight excluding hydrogens is 703 g/mol. The minimum absolute atomic E-state index is 0.635. The van der Waals surface area contributed by atoms with Gasteiger partial charge in [-0.3, -0.25) is 0 Å². The highest BCUT2D eigenvalue weighted by molar-refractivity contribution is 7.17. The topological polar surface area (TPSA) is 55.6 Å². The van der Waals surface area contributed by atoms with Crippen LogP contribution in [0.1, 0.15) is 0 Å². The van der Waals surface area contributed by atoms with Crippen molar-refractivity contribution in [2.45, 2.75) is 0 Å². The highest BCUT2D eigenvalue weighted by atomic mass is 32.1. The molecule has 0 atom stereocenters. The molecule has 10 aromatic rings. The maximum Gasteiger partial charge on any atom is 0.165 e. The largest absolute Gasteiger partial charge is 0.386 e. The first-order valence-corrected chi connectivity index (χ1v) is 19.6. The fourth-order valence-corrected chi connectivity index (χ4v) is 9.22. The molecule has 0 amide bonds. The van der Waals surface area contributed by atoms with E-state index in [1.165, 1.54) is 37.0 Å². The number of hydrogen-bond acceptors (Lipinski definition) is 5. The molecule has 5 nitrogen and oxygen atoms in total. The third-order valence-electron chi connectivity index (χ3n) is 10.7. The molecular formula is C50H33N5S. The molecule has 0 spiro atoms. The van der Waals surface area contributed by atoms with Gasteiger partial charge in [0.15, 0.2) is 17.5 Å². The molecule has 4 heterocycles. The number of nitrogens with one attached hydrogen (secondary N) is 1. The van der Waals surface area contributed by atoms with E-state index in [0.717, 1.165) is 55.8 Å². The lowest BCUT2D eigenvalue weighted by atomic mass is 10.0. The molecule has 56 heavy (non-hydrogen) atoms. The Morgan fingerprint density at radius 2 is 1.07 bits per heavy atom. The first-order valence-electron chi connectivity index (χ1n) is 18.8. The summed E-state index contributed by atoms with van der Waals surface area (Å²) in [6.45, 7) is 0.778. The Hall–Kier alpha value is -7.15. The van der Waals surface area contributed by atoms with Crippen molar-refractivity contribution in [2.75, 3.05) is 6.54 Å². The van der Waals surface area contributed by atoms with E-state index in [-0.39, 0.29) is 0 Å². The molecule has 264 valence electrons. The molecule has 1 N–H and O–H groups in total. The summed E-state index contributed by atoms with van der Waals surface area (Å²) in [5.41, 5.74) is 10.8. The molecule has 0 fully saturated rings. The summed E-state index contributed by atoms with van der Waals surface area (Å²) < 4.78 is 4.76. The van der Waals surface area contributed by atoms with Crippen LogP contribution in [0, 0.1) is 0 Å². The second kappa shape index (κ2) is 13.3. The van der Waals surface area contributed by atoms with E-state index in [4.69, 9.17) is 15.0 Å². The van der Waals surface area contributed by atoms with Gasteiger partial charge in [0.25, 0.3) is 0 Å². The Kier molecular flexibility index (Phi) is 7.67. The maximum atomic E-state index is 5.33. The first kappa shape index (κ1) is 32.3. The van der Waals surface area contributed by atoms with E-state index in [0.29, 0.717) is 17.5 Å². The van der Waals surface area contributed by atoms with Crippen molar-refractivity contribution >= 4 is 55.5 Å². The fraction of sp³-hybridized carbons (Fsp3) is 0.0200. The van der Waals surface area contributed by atoms with Crippen molar-refractivity contribution in [3.63, 3.8) is 0 Å². The number of aromatic nitrogens is 4. The highest BCUT2D eigenvalue weighted by Gasteiger charge is 2.21. The molecule has 0 saturated heterocycles. The summed E-state index contributed by atoms with van der Waals surface area (Å²) in [5.74, 6) is 1.92. The van der Waals surface area contributed by atoms with E-state index >= 15 is 0 Å². The van der Waals surface area contributed by atoms with E-state index in [9.17, 15) is 0 Å². The van der Waals surface area contributed by atoms with E-state index in [2.05, 4.69) is 168 Å². The van der Waals surface area contributed by atoms with Gasteiger partial charge in [-0.15, -0.1) is 11.3 Å². The second-order valence-corrected chi connectivity index (χ2v) is 15.1. The van der Waals surface area contributed by atoms with Gasteiger partial charge in [0.05, 0.1) is 15.6 Å². The van der Waals surface area contributed by atoms with Gasteiger partial charge in [0.1, 0.15) is 0 Å². The molecule has 0 radical (unpaired) electrons. The molecule has 1 aliphatic rings. The van der Waals surface area contributed by atoms with Crippen molar-refractivity contribution < 1.29 is 0 Å². The van der Waals surface area contributed by atoms with Gasteiger partial charge >= 0.3 is 0 Å². The van der Waals surface area contributed by atoms with Gasteiger partial charge in [0, 0.05) is 56.0 Å². The molecule has 3 aromatic heterocycles. The number of rotatable bonds is 6. The summed E-state index contributed by atoms with van der Waals surface area (Å²) in [7, 11) is 0. The minimum Gasteiger partial charge on any atom is -0.386 e. The van der Waals surface area contributed by atoms with Crippen LogP contribution in [0.15, 0.2) is 170 Å². The van der Waals surface area contributed by atoms with Gasteiger partial charge < -0.3 is 9.88 Å². The maximum absolute atomic E-state index is 5.33. The minimum atomic E-state index is 0.635. The zero-order valence-electron chi connectivity index (χ0n) is 30.2. The van der Waals surface area contributed by atoms with Crippen LogP contribution in [0.4, 0.5) is 0 Å². The van der Waals surface area contributed by atoms with E-state index in [1.807, 2.05) is 24.3 Å². The molecule has 1 aliphatic heterocycles. The van der Waals surface area contributed by atoms with Gasteiger partial charge in [-0.25, -0.2) is 15.0 Å². The highest BCUT2D eigenvalue weighted by Crippen LogP contribution is 2.39. The monoisotopic (exact) mass is 735 g/mol. The van der Waals surface area contributed by atoms with Crippen LogP contribution in [0.25, 0.3) is 106 Å². The lowest BCUT2D eigenvalue weighted by molar-refractivity contribution is 1.06. The van der Waals surface area contributed by atoms with Crippen LogP contribution in [0.5, 0.6) is 0 Å². The molecule has 7 aromatic carbocycles. The summed E-state index contributed by atoms with van der Waals surface area (Å²) in [6, 6.07) is 60.0. The number of para-hydroxylation sites is 1. The summed E-state index contributed by atoms with van der Waals surface area (Å²) in [4.78, 5) is 15.7. The van der Waals surface area contributed by atoms with Crippen molar-refractivity contribution in [1.82, 2.24) is 24.8 Å². The normalized spacial score (nSPS) is 12.3. The Labute approximate surface area is 327 Å². The van der Waals surface area contributed by atoms with Crippen LogP contribution in [-0.4, -0.2) is 26.1 Å². The van der Waals surface area contributed by atoms with Gasteiger partial charge in [-0.1, -0.05) is 146 Å². The second-order valence-electron chi connectivity index (χ2n) is 14.1. The first-order chi connectivity index (χ1) is 27.7. The van der Waals surface area contributed by atoms with Crippen molar-refractivity contribution in [1.29, 1.82) is 0 Å². The Balaban J connectivity index is 1.20. The molecule has 11 rings (SSSR count). The third kappa shape index (κ3) is 5.50. The third-order valence-corrected chi connectivity index (χ3v) is 11.9. The zero-order valence-corrected chi connectivity index (χ0v) is 31.0. The number of hydrogen-bond donors (Lipinski definition) is 1. The van der Waals surface area contributed by atoms with Gasteiger partial charge in [-0.05, 0) is 57.8 Å². The standard InChI is InChI=1S/C50H33N5S/c1-4-13-32(14-5-1)35-19-12-20-37(27-35)49-52-48(34-17-8-3-9-18-34)53-50(54-49)43-30-38(29-42-41-25-26-51-31-46(41)56-47(42)43)55-44-22-11-10-21-39(44)40-24-23-36(28-45(40)55)33-15-6-2-7-16-33/h1-25,27-31,51H,26H2. The van der Waals surface area contributed by atoms with Crippen LogP contribution >= 0.6 is 11.3 Å². The Bertz CT molecular complexity index is 3240. The van der Waals surface area contributed by atoms with Crippen LogP contribution in [0.3, 0.4) is 0 Å². The lowest BCUT2D eigenvalue weighted by Gasteiger charge is -2.14. The Morgan fingerprint density at radius 3 is 1.84 bits per heavy atom. The van der Waals surface area contributed by atoms with E-state index < -0.39 is 0 Å². The number of fused-ring (bicyclic) bond motifs is 6. The van der Waals surface area contributed by atoms with Crippen LogP contribution in [0.2, 0.25) is 0 Å². The summed E-state index contributed by atoms with van der Waals surface area (Å²) in [6.07, 6.45) is 4.43. The van der Waals surface area contributed by atoms with Crippen molar-refractivity contribution in [3.8, 4) is 62.1 Å². The predicted octanol–water partition coefficient (Wildman–Crippen LogP) is 10.6. The molecule has 6 heteroatoms. The van der Waals surface area contributed by atoms with Gasteiger partial charge in [0.2, 0.25) is 0 Å². The molecule has 0 saturated carbocycles. The van der Waals surface area contributed by atoms with Gasteiger partial charge in [-0.2, -0.15) is 0 Å².